The summed E-state index contributed by atoms with van der Waals surface area (Å²) >= 11 is 11.7. The van der Waals surface area contributed by atoms with Crippen LogP contribution in [-0.2, 0) is 4.79 Å². The van der Waals surface area contributed by atoms with Gasteiger partial charge in [-0.15, -0.1) is 0 Å². The molecule has 21 heavy (non-hydrogen) atoms. The fourth-order valence-corrected chi connectivity index (χ4v) is 2.32. The van der Waals surface area contributed by atoms with E-state index in [1.807, 2.05) is 19.1 Å². The minimum Gasteiger partial charge on any atom is -0.324 e. The van der Waals surface area contributed by atoms with Crippen molar-refractivity contribution in [3.8, 4) is 0 Å². The van der Waals surface area contributed by atoms with Crippen LogP contribution in [0.3, 0.4) is 0 Å². The van der Waals surface area contributed by atoms with Gasteiger partial charge < -0.3 is 9.88 Å². The minimum atomic E-state index is -0.727. The molecule has 0 radical (unpaired) electrons. The molecule has 0 aliphatic rings. The third kappa shape index (κ3) is 3.65. The number of aryl methyl sites for hydroxylation is 1. The van der Waals surface area contributed by atoms with Crippen LogP contribution >= 0.6 is 23.2 Å². The zero-order valence-electron chi connectivity index (χ0n) is 11.6. The van der Waals surface area contributed by atoms with Crippen molar-refractivity contribution >= 4 is 34.8 Å². The van der Waals surface area contributed by atoms with E-state index in [-0.39, 0.29) is 10.9 Å². The number of carbonyl (C=O) groups is 1. The maximum Gasteiger partial charge on any atom is 0.270 e. The quantitative estimate of drug-likeness (QED) is 0.936. The Kier molecular flexibility index (Phi) is 4.70. The summed E-state index contributed by atoms with van der Waals surface area (Å²) in [7, 11) is 0. The average Bonchev–Trinajstić information content (AvgIpc) is 2.44. The van der Waals surface area contributed by atoms with Gasteiger partial charge in [0.1, 0.15) is 11.1 Å². The summed E-state index contributed by atoms with van der Waals surface area (Å²) in [5.41, 5.74) is 1.31. The maximum atomic E-state index is 12.2. The Hall–Kier alpha value is -1.78. The van der Waals surface area contributed by atoms with E-state index in [9.17, 15) is 9.59 Å². The number of amides is 1. The first-order chi connectivity index (χ1) is 9.88. The molecule has 2 aromatic rings. The first-order valence-corrected chi connectivity index (χ1v) is 7.09. The van der Waals surface area contributed by atoms with Gasteiger partial charge in [0, 0.05) is 11.9 Å². The average molecular weight is 325 g/mol. The Bertz CT molecular complexity index is 723. The van der Waals surface area contributed by atoms with Crippen LogP contribution in [0.4, 0.5) is 5.69 Å². The molecule has 2 rings (SSSR count). The predicted molar refractivity (Wildman–Crippen MR) is 85.2 cm³/mol. The van der Waals surface area contributed by atoms with Crippen LogP contribution in [-0.4, -0.2) is 10.5 Å². The van der Waals surface area contributed by atoms with Gasteiger partial charge in [-0.2, -0.15) is 0 Å². The number of hydrogen-bond acceptors (Lipinski definition) is 2. The smallest absolute Gasteiger partial charge is 0.270 e. The summed E-state index contributed by atoms with van der Waals surface area (Å²) in [6.45, 7) is 3.57. The lowest BCUT2D eigenvalue weighted by Gasteiger charge is -2.16. The monoisotopic (exact) mass is 324 g/mol. The summed E-state index contributed by atoms with van der Waals surface area (Å²) in [5.74, 6) is -0.320. The first kappa shape index (κ1) is 15.6. The zero-order chi connectivity index (χ0) is 15.6. The van der Waals surface area contributed by atoms with Crippen LogP contribution in [0.2, 0.25) is 10.0 Å². The summed E-state index contributed by atoms with van der Waals surface area (Å²) < 4.78 is 1.22. The van der Waals surface area contributed by atoms with Crippen molar-refractivity contribution in [1.82, 2.24) is 4.57 Å². The number of nitrogens with one attached hydrogen (secondary N) is 1. The molecule has 0 bridgehead atoms. The molecule has 0 fully saturated rings. The highest BCUT2D eigenvalue weighted by Gasteiger charge is 2.18. The van der Waals surface area contributed by atoms with E-state index in [1.54, 1.807) is 19.1 Å². The molecule has 1 amide bonds. The molecule has 4 nitrogen and oxygen atoms in total. The van der Waals surface area contributed by atoms with Gasteiger partial charge in [0.2, 0.25) is 5.91 Å². The molecular formula is C15H14Cl2N2O2. The Balaban J connectivity index is 2.23. The Morgan fingerprint density at radius 2 is 1.86 bits per heavy atom. The standard InChI is InChI=1S/C15H14Cl2N2O2/c1-9-3-5-12(6-4-9)18-14(20)10(2)19-8-11(16)7-13(17)15(19)21/h3-8,10H,1-2H3,(H,18,20). The molecule has 0 saturated carbocycles. The van der Waals surface area contributed by atoms with E-state index in [4.69, 9.17) is 23.2 Å². The number of nitrogens with zero attached hydrogens (tertiary/aromatic N) is 1. The molecule has 1 atom stereocenters. The number of anilines is 1. The highest BCUT2D eigenvalue weighted by molar-refractivity contribution is 6.34. The lowest BCUT2D eigenvalue weighted by atomic mass is 10.2. The van der Waals surface area contributed by atoms with Gasteiger partial charge in [-0.05, 0) is 32.0 Å². The number of rotatable bonds is 3. The summed E-state index contributed by atoms with van der Waals surface area (Å²) in [5, 5.41) is 3.03. The fraction of sp³-hybridized carbons (Fsp3) is 0.200. The van der Waals surface area contributed by atoms with Crippen molar-refractivity contribution in [3.05, 3.63) is 62.5 Å². The lowest BCUT2D eigenvalue weighted by molar-refractivity contribution is -0.118. The van der Waals surface area contributed by atoms with Crippen molar-refractivity contribution in [3.63, 3.8) is 0 Å². The third-order valence-corrected chi connectivity index (χ3v) is 3.56. The largest absolute Gasteiger partial charge is 0.324 e. The highest BCUT2D eigenvalue weighted by Crippen LogP contribution is 2.16. The highest BCUT2D eigenvalue weighted by atomic mass is 35.5. The van der Waals surface area contributed by atoms with E-state index in [0.717, 1.165) is 5.56 Å². The van der Waals surface area contributed by atoms with Gasteiger partial charge in [-0.1, -0.05) is 40.9 Å². The molecule has 1 N–H and O–H groups in total. The predicted octanol–water partition coefficient (Wildman–Crippen LogP) is 3.66. The SMILES string of the molecule is Cc1ccc(NC(=O)C(C)n2cc(Cl)cc(Cl)c2=O)cc1. The second-order valence-electron chi connectivity index (χ2n) is 4.75. The minimum absolute atomic E-state index is 0.0162. The molecule has 0 aliphatic carbocycles. The number of halogens is 2. The van der Waals surface area contributed by atoms with Crippen LogP contribution in [0.1, 0.15) is 18.5 Å². The third-order valence-electron chi connectivity index (χ3n) is 3.08. The number of benzene rings is 1. The van der Waals surface area contributed by atoms with Crippen molar-refractivity contribution in [2.75, 3.05) is 5.32 Å². The summed E-state index contributed by atoms with van der Waals surface area (Å²) in [4.78, 5) is 24.2. The fourth-order valence-electron chi connectivity index (χ4n) is 1.83. The van der Waals surface area contributed by atoms with E-state index >= 15 is 0 Å². The van der Waals surface area contributed by atoms with Crippen LogP contribution in [0, 0.1) is 6.92 Å². The van der Waals surface area contributed by atoms with Crippen LogP contribution in [0.25, 0.3) is 0 Å². The molecule has 0 aliphatic heterocycles. The van der Waals surface area contributed by atoms with Crippen LogP contribution < -0.4 is 10.9 Å². The van der Waals surface area contributed by atoms with Crippen molar-refractivity contribution in [2.24, 2.45) is 0 Å². The van der Waals surface area contributed by atoms with Crippen LogP contribution in [0.5, 0.6) is 0 Å². The number of carbonyl (C=O) groups excluding carboxylic acids is 1. The first-order valence-electron chi connectivity index (χ1n) is 6.33. The number of pyridine rings is 1. The second kappa shape index (κ2) is 6.33. The summed E-state index contributed by atoms with van der Waals surface area (Å²) in [6, 6.07) is 8.01. The zero-order valence-corrected chi connectivity index (χ0v) is 13.1. The molecule has 0 saturated heterocycles. The van der Waals surface area contributed by atoms with E-state index in [2.05, 4.69) is 5.32 Å². The van der Waals surface area contributed by atoms with Crippen LogP contribution in [0.15, 0.2) is 41.3 Å². The van der Waals surface area contributed by atoms with Gasteiger partial charge >= 0.3 is 0 Å². The van der Waals surface area contributed by atoms with Crippen molar-refractivity contribution < 1.29 is 4.79 Å². The van der Waals surface area contributed by atoms with Crippen molar-refractivity contribution in [2.45, 2.75) is 19.9 Å². The molecule has 0 spiro atoms. The van der Waals surface area contributed by atoms with E-state index < -0.39 is 11.6 Å². The van der Waals surface area contributed by atoms with Gasteiger partial charge in [-0.3, -0.25) is 9.59 Å². The Morgan fingerprint density at radius 3 is 2.48 bits per heavy atom. The van der Waals surface area contributed by atoms with E-state index in [0.29, 0.717) is 10.7 Å². The van der Waals surface area contributed by atoms with Gasteiger partial charge in [0.15, 0.2) is 0 Å². The molecule has 1 unspecified atom stereocenters. The molecule has 110 valence electrons. The Labute approximate surface area is 132 Å². The topological polar surface area (TPSA) is 51.1 Å². The Morgan fingerprint density at radius 1 is 1.24 bits per heavy atom. The summed E-state index contributed by atoms with van der Waals surface area (Å²) in [6.07, 6.45) is 1.40. The number of aromatic nitrogens is 1. The molecule has 1 aromatic heterocycles. The van der Waals surface area contributed by atoms with Gasteiger partial charge in [0.05, 0.1) is 5.02 Å². The van der Waals surface area contributed by atoms with E-state index in [1.165, 1.54) is 16.8 Å². The van der Waals surface area contributed by atoms with Crippen molar-refractivity contribution in [1.29, 1.82) is 0 Å². The van der Waals surface area contributed by atoms with Gasteiger partial charge in [-0.25, -0.2) is 0 Å². The second-order valence-corrected chi connectivity index (χ2v) is 5.59. The van der Waals surface area contributed by atoms with Gasteiger partial charge in [0.25, 0.3) is 5.56 Å². The molecule has 1 aromatic carbocycles. The molecular weight excluding hydrogens is 311 g/mol. The maximum absolute atomic E-state index is 12.2. The normalized spacial score (nSPS) is 12.0. The molecule has 1 heterocycles. The lowest BCUT2D eigenvalue weighted by Crippen LogP contribution is -2.31. The molecule has 6 heteroatoms. The number of hydrogen-bond donors (Lipinski definition) is 1.